The number of ether oxygens (including phenoxy) is 2. The number of nitrogens with one attached hydrogen (secondary N) is 1. The summed E-state index contributed by atoms with van der Waals surface area (Å²) in [5.74, 6) is -0.182. The number of allylic oxidation sites excluding steroid dienone is 5. The number of carbonyl (C=O) groups is 1. The van der Waals surface area contributed by atoms with E-state index < -0.39 is 49.5 Å². The van der Waals surface area contributed by atoms with Crippen molar-refractivity contribution in [1.29, 1.82) is 0 Å². The molecule has 0 radical (unpaired) electrons. The lowest BCUT2D eigenvalue weighted by atomic mass is 9.99. The Balaban J connectivity index is 2.07. The van der Waals surface area contributed by atoms with Crippen molar-refractivity contribution in [2.45, 2.75) is 455 Å². The van der Waals surface area contributed by atoms with Crippen molar-refractivity contribution in [3.63, 3.8) is 0 Å². The summed E-state index contributed by atoms with van der Waals surface area (Å²) in [6.45, 7) is 3.82. The Kier molecular flexibility index (Phi) is 66.5. The van der Waals surface area contributed by atoms with Crippen molar-refractivity contribution in [2.24, 2.45) is 0 Å². The molecule has 89 heavy (non-hydrogen) atoms. The Bertz CT molecular complexity index is 1500. The molecule has 1 saturated heterocycles. The maximum atomic E-state index is 13.2. The monoisotopic (exact) mass is 1260 g/mol. The number of unbranched alkanes of at least 4 members (excludes halogenated alkanes) is 57. The topological polar surface area (TPSA) is 149 Å². The summed E-state index contributed by atoms with van der Waals surface area (Å²) < 4.78 is 11.3. The summed E-state index contributed by atoms with van der Waals surface area (Å²) >= 11 is 0. The van der Waals surface area contributed by atoms with E-state index in [0.29, 0.717) is 6.42 Å². The second-order valence-electron chi connectivity index (χ2n) is 27.9. The molecule has 0 spiro atoms. The molecule has 7 unspecified atom stereocenters. The lowest BCUT2D eigenvalue weighted by molar-refractivity contribution is -0.302. The molecule has 1 amide bonds. The Morgan fingerprint density at radius 1 is 0.371 bits per heavy atom. The minimum Gasteiger partial charge on any atom is -0.394 e. The van der Waals surface area contributed by atoms with Gasteiger partial charge in [0.2, 0.25) is 5.91 Å². The third-order valence-corrected chi connectivity index (χ3v) is 19.2. The van der Waals surface area contributed by atoms with Crippen LogP contribution in [0.4, 0.5) is 0 Å². The van der Waals surface area contributed by atoms with Crippen LogP contribution in [0.2, 0.25) is 0 Å². The first kappa shape index (κ1) is 85.4. The SMILES string of the molecule is CCCCCCCCCCCCCCCCCCC/C=C/CC/C=C/CC/C=C/C(O)C(COC1OC(CO)C(O)C(O)C1O)NC(=O)CCCCCCCCCCCCCCCCCCCCCCCCCCCCCCCCCCCCCCCCC. The molecule has 0 aromatic carbocycles. The molecule has 0 saturated carbocycles. The van der Waals surface area contributed by atoms with Crippen LogP contribution < -0.4 is 5.32 Å². The number of aliphatic hydroxyl groups excluding tert-OH is 5. The van der Waals surface area contributed by atoms with Gasteiger partial charge in [-0.25, -0.2) is 0 Å². The maximum absolute atomic E-state index is 13.2. The van der Waals surface area contributed by atoms with E-state index in [-0.39, 0.29) is 12.5 Å². The fourth-order valence-electron chi connectivity index (χ4n) is 13.0. The van der Waals surface area contributed by atoms with Gasteiger partial charge >= 0.3 is 0 Å². The second kappa shape index (κ2) is 69.2. The number of rotatable bonds is 71. The van der Waals surface area contributed by atoms with Crippen LogP contribution in [-0.4, -0.2) is 87.5 Å². The molecule has 1 aliphatic heterocycles. The smallest absolute Gasteiger partial charge is 0.220 e. The van der Waals surface area contributed by atoms with E-state index in [2.05, 4.69) is 43.5 Å². The minimum atomic E-state index is -1.58. The molecular formula is C80H153NO8. The number of carbonyl (C=O) groups excluding carboxylic acids is 1. The van der Waals surface area contributed by atoms with Gasteiger partial charge in [-0.1, -0.05) is 397 Å². The maximum Gasteiger partial charge on any atom is 0.220 e. The molecule has 0 bridgehead atoms. The van der Waals surface area contributed by atoms with Gasteiger partial charge in [0.1, 0.15) is 24.4 Å². The van der Waals surface area contributed by atoms with E-state index >= 15 is 0 Å². The van der Waals surface area contributed by atoms with Crippen LogP contribution in [0.25, 0.3) is 0 Å². The summed E-state index contributed by atoms with van der Waals surface area (Å²) in [6, 6.07) is -0.829. The molecule has 0 aliphatic carbocycles. The van der Waals surface area contributed by atoms with Crippen molar-refractivity contribution >= 4 is 5.91 Å². The molecule has 9 heteroatoms. The molecule has 7 atom stereocenters. The van der Waals surface area contributed by atoms with Gasteiger partial charge in [0, 0.05) is 6.42 Å². The molecule has 0 aromatic heterocycles. The molecule has 9 nitrogen and oxygen atoms in total. The molecule has 0 aromatic rings. The van der Waals surface area contributed by atoms with Gasteiger partial charge in [0.05, 0.1) is 25.4 Å². The zero-order valence-corrected chi connectivity index (χ0v) is 59.2. The fraction of sp³-hybridized carbons (Fsp3) is 0.912. The first-order valence-electron chi connectivity index (χ1n) is 39.7. The van der Waals surface area contributed by atoms with Crippen LogP contribution in [0.15, 0.2) is 36.5 Å². The van der Waals surface area contributed by atoms with Gasteiger partial charge < -0.3 is 40.3 Å². The fourth-order valence-corrected chi connectivity index (χ4v) is 13.0. The third-order valence-electron chi connectivity index (χ3n) is 19.2. The summed E-state index contributed by atoms with van der Waals surface area (Å²) in [4.78, 5) is 13.2. The molecule has 526 valence electrons. The van der Waals surface area contributed by atoms with Crippen molar-refractivity contribution < 1.29 is 39.8 Å². The van der Waals surface area contributed by atoms with Gasteiger partial charge in [-0.05, 0) is 44.9 Å². The Labute approximate surface area is 552 Å². The van der Waals surface area contributed by atoms with Crippen LogP contribution in [0.1, 0.15) is 412 Å². The highest BCUT2D eigenvalue weighted by Crippen LogP contribution is 2.24. The van der Waals surface area contributed by atoms with Crippen molar-refractivity contribution in [3.05, 3.63) is 36.5 Å². The molecule has 1 rings (SSSR count). The first-order chi connectivity index (χ1) is 43.8. The van der Waals surface area contributed by atoms with Crippen LogP contribution >= 0.6 is 0 Å². The molecule has 1 fully saturated rings. The number of aliphatic hydroxyl groups is 5. The van der Waals surface area contributed by atoms with E-state index in [1.165, 1.54) is 347 Å². The van der Waals surface area contributed by atoms with E-state index in [1.54, 1.807) is 6.08 Å². The quantitative estimate of drug-likeness (QED) is 0.0261. The summed E-state index contributed by atoms with van der Waals surface area (Å²) in [5.41, 5.74) is 0. The molecule has 1 heterocycles. The van der Waals surface area contributed by atoms with Gasteiger partial charge in [-0.2, -0.15) is 0 Å². The Morgan fingerprint density at radius 2 is 0.640 bits per heavy atom. The van der Waals surface area contributed by atoms with E-state index in [0.717, 1.165) is 44.9 Å². The van der Waals surface area contributed by atoms with Crippen LogP contribution in [0.5, 0.6) is 0 Å². The molecular weight excluding hydrogens is 1100 g/mol. The summed E-state index contributed by atoms with van der Waals surface area (Å²) in [6.07, 6.45) is 87.4. The lowest BCUT2D eigenvalue weighted by Crippen LogP contribution is -2.60. The predicted molar refractivity (Wildman–Crippen MR) is 383 cm³/mol. The normalized spacial score (nSPS) is 17.9. The minimum absolute atomic E-state index is 0.182. The van der Waals surface area contributed by atoms with Gasteiger partial charge in [-0.15, -0.1) is 0 Å². The zero-order valence-electron chi connectivity index (χ0n) is 59.2. The van der Waals surface area contributed by atoms with Crippen molar-refractivity contribution in [3.8, 4) is 0 Å². The second-order valence-corrected chi connectivity index (χ2v) is 27.9. The van der Waals surface area contributed by atoms with Gasteiger partial charge in [0.15, 0.2) is 6.29 Å². The highest BCUT2D eigenvalue weighted by atomic mass is 16.7. The van der Waals surface area contributed by atoms with Crippen molar-refractivity contribution in [2.75, 3.05) is 13.2 Å². The van der Waals surface area contributed by atoms with Crippen LogP contribution in [-0.2, 0) is 14.3 Å². The predicted octanol–water partition coefficient (Wildman–Crippen LogP) is 22.5. The summed E-state index contributed by atoms with van der Waals surface area (Å²) in [7, 11) is 0. The largest absolute Gasteiger partial charge is 0.394 e. The number of hydrogen-bond acceptors (Lipinski definition) is 8. The highest BCUT2D eigenvalue weighted by Gasteiger charge is 2.44. The van der Waals surface area contributed by atoms with E-state index in [4.69, 9.17) is 9.47 Å². The van der Waals surface area contributed by atoms with Crippen molar-refractivity contribution in [1.82, 2.24) is 5.32 Å². The number of amides is 1. The van der Waals surface area contributed by atoms with Gasteiger partial charge in [0.25, 0.3) is 0 Å². The third kappa shape index (κ3) is 57.6. The summed E-state index contributed by atoms with van der Waals surface area (Å²) in [5, 5.41) is 54.8. The Hall–Kier alpha value is -1.59. The molecule has 6 N–H and O–H groups in total. The Morgan fingerprint density at radius 3 is 0.944 bits per heavy atom. The average Bonchev–Trinajstić information content (AvgIpc) is 3.72. The van der Waals surface area contributed by atoms with E-state index in [9.17, 15) is 30.3 Å². The van der Waals surface area contributed by atoms with Crippen LogP contribution in [0, 0.1) is 0 Å². The van der Waals surface area contributed by atoms with E-state index in [1.807, 2.05) is 6.08 Å². The molecule has 1 aliphatic rings. The van der Waals surface area contributed by atoms with Gasteiger partial charge in [-0.3, -0.25) is 4.79 Å². The average molecular weight is 1260 g/mol. The number of hydrogen-bond donors (Lipinski definition) is 6. The van der Waals surface area contributed by atoms with Crippen LogP contribution in [0.3, 0.4) is 0 Å². The zero-order chi connectivity index (χ0) is 64.2. The standard InChI is InChI=1S/C80H153NO8/c1-3-5-7-9-11-13-15-17-19-21-23-25-27-29-31-32-33-34-35-36-37-38-39-40-41-42-44-46-48-50-52-54-56-58-60-62-64-66-68-70-76(84)81-73(72-88-80-79(87)78(86)77(85)75(71-82)89-80)74(83)69-67-65-63-61-59-57-55-53-51-49-47-45-43-30-28-26-24-22-20-18-16-14-12-10-8-6-4-2/h51,53,59,61,67,69,73-75,77-80,82-83,85-87H,3-50,52,54-58,60,62-66,68,70-72H2,1-2H3,(H,81,84)/b53-51+,61-59+,69-67+. The lowest BCUT2D eigenvalue weighted by Gasteiger charge is -2.40. The highest BCUT2D eigenvalue weighted by molar-refractivity contribution is 5.76. The first-order valence-corrected chi connectivity index (χ1v) is 39.7.